The number of thiazole rings is 1. The Morgan fingerprint density at radius 3 is 2.74 bits per heavy atom. The summed E-state index contributed by atoms with van der Waals surface area (Å²) in [6.45, 7) is 0.224. The van der Waals surface area contributed by atoms with E-state index in [4.69, 9.17) is 5.11 Å². The number of benzene rings is 1. The Morgan fingerprint density at radius 2 is 2.05 bits per heavy atom. The van der Waals surface area contributed by atoms with Crippen molar-refractivity contribution in [1.82, 2.24) is 10.3 Å². The third-order valence-electron chi connectivity index (χ3n) is 2.16. The van der Waals surface area contributed by atoms with Crippen LogP contribution in [0.3, 0.4) is 0 Å². The van der Waals surface area contributed by atoms with Crippen LogP contribution in [0.2, 0.25) is 0 Å². The van der Waals surface area contributed by atoms with E-state index in [0.29, 0.717) is 10.6 Å². The Kier molecular flexibility index (Phi) is 4.09. The maximum atomic E-state index is 11.7. The van der Waals surface area contributed by atoms with E-state index >= 15 is 0 Å². The van der Waals surface area contributed by atoms with Gasteiger partial charge in [0, 0.05) is 5.56 Å². The fraction of sp³-hybridized carbons (Fsp3) is 0.0833. The monoisotopic (exact) mass is 278 g/mol. The zero-order chi connectivity index (χ0) is 13.7. The van der Waals surface area contributed by atoms with Gasteiger partial charge in [-0.1, -0.05) is 18.2 Å². The molecule has 2 aromatic rings. The van der Waals surface area contributed by atoms with Crippen molar-refractivity contribution in [3.05, 3.63) is 46.3 Å². The maximum Gasteiger partial charge on any atom is 0.512 e. The number of nitrogens with zero attached hydrogens (tertiary/aromatic N) is 1. The van der Waals surface area contributed by atoms with Gasteiger partial charge in [-0.15, -0.1) is 11.3 Å². The third-order valence-corrected chi connectivity index (χ3v) is 2.99. The predicted molar refractivity (Wildman–Crippen MR) is 68.4 cm³/mol. The molecule has 0 fully saturated rings. The molecule has 2 rings (SSSR count). The lowest BCUT2D eigenvalue weighted by atomic mass is 10.2. The van der Waals surface area contributed by atoms with E-state index < -0.39 is 6.16 Å². The molecule has 98 valence electrons. The third kappa shape index (κ3) is 3.78. The topological polar surface area (TPSA) is 88.5 Å². The molecule has 0 spiro atoms. The van der Waals surface area contributed by atoms with Crippen molar-refractivity contribution >= 4 is 23.4 Å². The largest absolute Gasteiger partial charge is 0.512 e. The van der Waals surface area contributed by atoms with E-state index in [1.54, 1.807) is 24.3 Å². The first-order valence-electron chi connectivity index (χ1n) is 5.33. The number of rotatable bonds is 4. The minimum atomic E-state index is -1.41. The zero-order valence-electron chi connectivity index (χ0n) is 9.70. The Balaban J connectivity index is 1.90. The van der Waals surface area contributed by atoms with Crippen molar-refractivity contribution in [3.63, 3.8) is 0 Å². The number of carbonyl (C=O) groups is 2. The summed E-state index contributed by atoms with van der Waals surface area (Å²) in [5.41, 5.74) is 0.557. The number of amides is 1. The molecule has 1 amide bonds. The van der Waals surface area contributed by atoms with Crippen molar-refractivity contribution in [3.8, 4) is 5.88 Å². The van der Waals surface area contributed by atoms with Crippen LogP contribution in [0.15, 0.2) is 35.7 Å². The average molecular weight is 278 g/mol. The summed E-state index contributed by atoms with van der Waals surface area (Å²) in [5, 5.41) is 13.1. The number of nitrogens with one attached hydrogen (secondary N) is 1. The van der Waals surface area contributed by atoms with Gasteiger partial charge >= 0.3 is 6.16 Å². The van der Waals surface area contributed by atoms with Crippen LogP contribution in [-0.4, -0.2) is 22.2 Å². The molecule has 2 N–H and O–H groups in total. The van der Waals surface area contributed by atoms with Gasteiger partial charge in [0.25, 0.3) is 5.91 Å². The molecular formula is C12H10N2O4S. The highest BCUT2D eigenvalue weighted by Gasteiger charge is 2.09. The summed E-state index contributed by atoms with van der Waals surface area (Å²) < 4.78 is 4.39. The van der Waals surface area contributed by atoms with Gasteiger partial charge in [0.05, 0.1) is 11.9 Å². The van der Waals surface area contributed by atoms with Gasteiger partial charge in [-0.25, -0.2) is 9.78 Å². The molecule has 7 heteroatoms. The smallest absolute Gasteiger partial charge is 0.449 e. The zero-order valence-corrected chi connectivity index (χ0v) is 10.5. The second-order valence-electron chi connectivity index (χ2n) is 3.50. The normalized spacial score (nSPS) is 9.89. The molecule has 0 saturated carbocycles. The molecule has 1 aromatic heterocycles. The van der Waals surface area contributed by atoms with Gasteiger partial charge < -0.3 is 15.2 Å². The molecule has 0 bridgehead atoms. The predicted octanol–water partition coefficient (Wildman–Crippen LogP) is 2.13. The van der Waals surface area contributed by atoms with Crippen LogP contribution >= 0.6 is 11.3 Å². The van der Waals surface area contributed by atoms with E-state index in [9.17, 15) is 9.59 Å². The van der Waals surface area contributed by atoms with Crippen molar-refractivity contribution in [2.24, 2.45) is 0 Å². The molecule has 0 unspecified atom stereocenters. The fourth-order valence-corrected chi connectivity index (χ4v) is 1.99. The standard InChI is InChI=1S/C12H10N2O4S/c15-11(8-4-2-1-3-5-8)13-6-10-14-9(7-19-10)18-12(16)17/h1-5,7H,6H2,(H,13,15)(H,16,17). The fourth-order valence-electron chi connectivity index (χ4n) is 1.36. The van der Waals surface area contributed by atoms with Crippen molar-refractivity contribution in [1.29, 1.82) is 0 Å². The van der Waals surface area contributed by atoms with E-state index in [1.807, 2.05) is 6.07 Å². The lowest BCUT2D eigenvalue weighted by Crippen LogP contribution is -2.22. The minimum Gasteiger partial charge on any atom is -0.449 e. The lowest BCUT2D eigenvalue weighted by Gasteiger charge is -2.02. The molecule has 1 aromatic carbocycles. The van der Waals surface area contributed by atoms with E-state index in [1.165, 1.54) is 16.7 Å². The van der Waals surface area contributed by atoms with Gasteiger partial charge in [-0.2, -0.15) is 0 Å². The summed E-state index contributed by atoms with van der Waals surface area (Å²) in [4.78, 5) is 26.0. The van der Waals surface area contributed by atoms with E-state index in [2.05, 4.69) is 15.0 Å². The SMILES string of the molecule is O=C(O)Oc1csc(CNC(=O)c2ccccc2)n1. The van der Waals surface area contributed by atoms with E-state index in [-0.39, 0.29) is 18.3 Å². The van der Waals surface area contributed by atoms with Crippen molar-refractivity contribution in [2.45, 2.75) is 6.54 Å². The first kappa shape index (κ1) is 13.0. The molecule has 1 heterocycles. The number of carboxylic acid groups (broad SMARTS) is 1. The highest BCUT2D eigenvalue weighted by Crippen LogP contribution is 2.16. The molecule has 0 saturated heterocycles. The molecule has 0 atom stereocenters. The van der Waals surface area contributed by atoms with Gasteiger partial charge in [0.2, 0.25) is 5.88 Å². The van der Waals surface area contributed by atoms with Crippen LogP contribution in [0.1, 0.15) is 15.4 Å². The quantitative estimate of drug-likeness (QED) is 0.836. The second kappa shape index (κ2) is 5.96. The molecule has 19 heavy (non-hydrogen) atoms. The Bertz CT molecular complexity index is 582. The Hall–Kier alpha value is -2.41. The molecule has 0 aliphatic carbocycles. The number of ether oxygens (including phenoxy) is 1. The van der Waals surface area contributed by atoms with Gasteiger partial charge in [0.15, 0.2) is 0 Å². The summed E-state index contributed by atoms with van der Waals surface area (Å²) in [6.07, 6.45) is -1.41. The van der Waals surface area contributed by atoms with Crippen molar-refractivity contribution in [2.75, 3.05) is 0 Å². The molecule has 6 nitrogen and oxygen atoms in total. The lowest BCUT2D eigenvalue weighted by molar-refractivity contribution is 0.0950. The summed E-state index contributed by atoms with van der Waals surface area (Å²) in [5.74, 6) is -0.196. The van der Waals surface area contributed by atoms with E-state index in [0.717, 1.165) is 0 Å². The number of carbonyl (C=O) groups excluding carboxylic acids is 1. The molecular weight excluding hydrogens is 268 g/mol. The molecule has 0 aliphatic heterocycles. The number of hydrogen-bond donors (Lipinski definition) is 2. The van der Waals surface area contributed by atoms with Crippen LogP contribution in [0.25, 0.3) is 0 Å². The average Bonchev–Trinajstić information content (AvgIpc) is 2.84. The van der Waals surface area contributed by atoms with Crippen LogP contribution in [0, 0.1) is 0 Å². The van der Waals surface area contributed by atoms with Crippen LogP contribution < -0.4 is 10.1 Å². The Labute approximate surface area is 112 Å². The van der Waals surface area contributed by atoms with Gasteiger partial charge in [0.1, 0.15) is 5.01 Å². The minimum absolute atomic E-state index is 0.0152. The second-order valence-corrected chi connectivity index (χ2v) is 4.44. The number of aromatic nitrogens is 1. The first-order valence-corrected chi connectivity index (χ1v) is 6.21. The maximum absolute atomic E-state index is 11.7. The molecule has 0 aliphatic rings. The van der Waals surface area contributed by atoms with Crippen LogP contribution in [0.5, 0.6) is 5.88 Å². The summed E-state index contributed by atoms with van der Waals surface area (Å²) in [7, 11) is 0. The number of hydrogen-bond acceptors (Lipinski definition) is 5. The first-order chi connectivity index (χ1) is 9.15. The van der Waals surface area contributed by atoms with Crippen molar-refractivity contribution < 1.29 is 19.4 Å². The van der Waals surface area contributed by atoms with Gasteiger partial charge in [-0.05, 0) is 12.1 Å². The summed E-state index contributed by atoms with van der Waals surface area (Å²) >= 11 is 1.21. The highest BCUT2D eigenvalue weighted by atomic mass is 32.1. The Morgan fingerprint density at radius 1 is 1.32 bits per heavy atom. The highest BCUT2D eigenvalue weighted by molar-refractivity contribution is 7.09. The van der Waals surface area contributed by atoms with Crippen LogP contribution in [0.4, 0.5) is 4.79 Å². The summed E-state index contributed by atoms with van der Waals surface area (Å²) in [6, 6.07) is 8.79. The van der Waals surface area contributed by atoms with Crippen LogP contribution in [-0.2, 0) is 6.54 Å². The molecule has 0 radical (unpaired) electrons. The van der Waals surface area contributed by atoms with Gasteiger partial charge in [-0.3, -0.25) is 4.79 Å².